The second-order valence-electron chi connectivity index (χ2n) is 6.20. The Labute approximate surface area is 156 Å². The van der Waals surface area contributed by atoms with Gasteiger partial charge < -0.3 is 5.32 Å². The highest BCUT2D eigenvalue weighted by Crippen LogP contribution is 2.32. The normalized spacial score (nSPS) is 12.9. The first-order chi connectivity index (χ1) is 12.7. The van der Waals surface area contributed by atoms with Crippen LogP contribution in [-0.2, 0) is 11.0 Å². The minimum absolute atomic E-state index is 0.255. The molecular formula is C20H22F4N2O. The van der Waals surface area contributed by atoms with Crippen molar-refractivity contribution in [2.45, 2.75) is 33.0 Å². The van der Waals surface area contributed by atoms with E-state index in [0.29, 0.717) is 24.3 Å². The van der Waals surface area contributed by atoms with E-state index in [-0.39, 0.29) is 5.56 Å². The molecule has 1 N–H and O–H groups in total. The number of anilines is 1. The van der Waals surface area contributed by atoms with E-state index in [0.717, 1.165) is 12.1 Å². The third-order valence-corrected chi connectivity index (χ3v) is 4.40. The molecule has 1 unspecified atom stereocenters. The quantitative estimate of drug-likeness (QED) is 0.699. The molecule has 0 spiro atoms. The van der Waals surface area contributed by atoms with E-state index < -0.39 is 29.5 Å². The Balaban J connectivity index is 2.41. The van der Waals surface area contributed by atoms with Crippen molar-refractivity contribution in [1.82, 2.24) is 4.90 Å². The highest BCUT2D eigenvalue weighted by molar-refractivity contribution is 5.96. The van der Waals surface area contributed by atoms with Crippen LogP contribution in [0.2, 0.25) is 0 Å². The number of halogens is 4. The van der Waals surface area contributed by atoms with Gasteiger partial charge in [0.25, 0.3) is 0 Å². The van der Waals surface area contributed by atoms with Crippen LogP contribution in [0.4, 0.5) is 23.2 Å². The predicted molar refractivity (Wildman–Crippen MR) is 96.9 cm³/mol. The number of amides is 1. The maximum absolute atomic E-state index is 13.3. The lowest BCUT2D eigenvalue weighted by Gasteiger charge is -2.29. The van der Waals surface area contributed by atoms with Crippen LogP contribution >= 0.6 is 0 Å². The molecule has 0 heterocycles. The van der Waals surface area contributed by atoms with Gasteiger partial charge in [0.15, 0.2) is 0 Å². The second kappa shape index (κ2) is 8.52. The van der Waals surface area contributed by atoms with Crippen LogP contribution in [0, 0.1) is 12.7 Å². The van der Waals surface area contributed by atoms with Crippen LogP contribution in [0.1, 0.15) is 36.6 Å². The van der Waals surface area contributed by atoms with Crippen molar-refractivity contribution in [2.75, 3.05) is 18.4 Å². The molecule has 0 fully saturated rings. The fourth-order valence-corrected chi connectivity index (χ4v) is 2.97. The van der Waals surface area contributed by atoms with E-state index in [2.05, 4.69) is 5.32 Å². The Hall–Kier alpha value is -2.41. The number of hydrogen-bond acceptors (Lipinski definition) is 2. The number of benzene rings is 2. The first-order valence-electron chi connectivity index (χ1n) is 8.65. The second-order valence-corrected chi connectivity index (χ2v) is 6.20. The molecule has 0 saturated heterocycles. The van der Waals surface area contributed by atoms with Crippen molar-refractivity contribution in [2.24, 2.45) is 0 Å². The van der Waals surface area contributed by atoms with Crippen LogP contribution in [0.25, 0.3) is 0 Å². The summed E-state index contributed by atoms with van der Waals surface area (Å²) in [6.07, 6.45) is -4.49. The maximum Gasteiger partial charge on any atom is 0.416 e. The van der Waals surface area contributed by atoms with Gasteiger partial charge in [0.05, 0.1) is 5.56 Å². The minimum atomic E-state index is -4.49. The number of carbonyl (C=O) groups excluding carboxylic acids is 1. The van der Waals surface area contributed by atoms with Gasteiger partial charge in [0.2, 0.25) is 5.91 Å². The molecular weight excluding hydrogens is 360 g/mol. The summed E-state index contributed by atoms with van der Waals surface area (Å²) in [4.78, 5) is 14.7. The summed E-state index contributed by atoms with van der Waals surface area (Å²) < 4.78 is 52.5. The summed E-state index contributed by atoms with van der Waals surface area (Å²) in [7, 11) is 0. The van der Waals surface area contributed by atoms with Gasteiger partial charge in [-0.15, -0.1) is 0 Å². The Morgan fingerprint density at radius 2 is 1.78 bits per heavy atom. The zero-order chi connectivity index (χ0) is 20.2. The van der Waals surface area contributed by atoms with Crippen LogP contribution in [0.5, 0.6) is 0 Å². The molecule has 2 aromatic carbocycles. The Bertz CT molecular complexity index is 801. The number of nitrogens with zero attached hydrogens (tertiary/aromatic N) is 1. The van der Waals surface area contributed by atoms with Gasteiger partial charge in [0.1, 0.15) is 11.9 Å². The standard InChI is InChI=1S/C20H22F4N2O/c1-4-26(5-2)18(14-7-6-8-15(12-14)20(22,23)24)19(27)25-17-10-9-16(21)11-13(17)3/h6-12,18H,4-5H2,1-3H3,(H,25,27). The van der Waals surface area contributed by atoms with Crippen molar-refractivity contribution >= 4 is 11.6 Å². The molecule has 3 nitrogen and oxygen atoms in total. The molecule has 2 aromatic rings. The van der Waals surface area contributed by atoms with Gasteiger partial charge in [-0.1, -0.05) is 26.0 Å². The van der Waals surface area contributed by atoms with E-state index in [4.69, 9.17) is 0 Å². The lowest BCUT2D eigenvalue weighted by Crippen LogP contribution is -2.37. The van der Waals surface area contributed by atoms with E-state index in [1.165, 1.54) is 30.3 Å². The van der Waals surface area contributed by atoms with E-state index in [1.807, 2.05) is 13.8 Å². The smallest absolute Gasteiger partial charge is 0.324 e. The highest BCUT2D eigenvalue weighted by atomic mass is 19.4. The van der Waals surface area contributed by atoms with Gasteiger partial charge in [0, 0.05) is 5.69 Å². The molecule has 1 amide bonds. The summed E-state index contributed by atoms with van der Waals surface area (Å²) in [5.41, 5.74) is 0.407. The molecule has 0 aromatic heterocycles. The minimum Gasteiger partial charge on any atom is -0.324 e. The topological polar surface area (TPSA) is 32.3 Å². The van der Waals surface area contributed by atoms with E-state index in [9.17, 15) is 22.4 Å². The molecule has 7 heteroatoms. The number of hydrogen-bond donors (Lipinski definition) is 1. The average molecular weight is 382 g/mol. The number of carbonyl (C=O) groups is 1. The van der Waals surface area contributed by atoms with Crippen molar-refractivity contribution in [1.29, 1.82) is 0 Å². The summed E-state index contributed by atoms with van der Waals surface area (Å²) in [6.45, 7) is 6.27. The summed E-state index contributed by atoms with van der Waals surface area (Å²) in [5, 5.41) is 2.71. The maximum atomic E-state index is 13.3. The molecule has 1 atom stereocenters. The highest BCUT2D eigenvalue weighted by Gasteiger charge is 2.33. The fraction of sp³-hybridized carbons (Fsp3) is 0.350. The number of nitrogens with one attached hydrogen (secondary N) is 1. The van der Waals surface area contributed by atoms with Crippen molar-refractivity contribution in [3.8, 4) is 0 Å². The number of rotatable bonds is 6. The molecule has 0 radical (unpaired) electrons. The Morgan fingerprint density at radius 3 is 2.33 bits per heavy atom. The predicted octanol–water partition coefficient (Wildman–Crippen LogP) is 5.17. The zero-order valence-electron chi connectivity index (χ0n) is 15.4. The molecule has 0 aliphatic rings. The van der Waals surface area contributed by atoms with Gasteiger partial charge in [-0.3, -0.25) is 9.69 Å². The summed E-state index contributed by atoms with van der Waals surface area (Å²) in [6, 6.07) is 7.83. The third-order valence-electron chi connectivity index (χ3n) is 4.40. The summed E-state index contributed by atoms with van der Waals surface area (Å²) in [5.74, 6) is -0.892. The molecule has 27 heavy (non-hydrogen) atoms. The molecule has 2 rings (SSSR count). The van der Waals surface area contributed by atoms with Crippen LogP contribution in [0.3, 0.4) is 0 Å². The van der Waals surface area contributed by atoms with Crippen molar-refractivity contribution in [3.05, 3.63) is 65.0 Å². The number of aryl methyl sites for hydroxylation is 1. The Morgan fingerprint density at radius 1 is 1.11 bits per heavy atom. The molecule has 146 valence electrons. The zero-order valence-corrected chi connectivity index (χ0v) is 15.4. The lowest BCUT2D eigenvalue weighted by atomic mass is 10.0. The first-order valence-corrected chi connectivity index (χ1v) is 8.65. The average Bonchev–Trinajstić information content (AvgIpc) is 2.61. The Kier molecular flexibility index (Phi) is 6.59. The molecule has 0 saturated carbocycles. The summed E-state index contributed by atoms with van der Waals surface area (Å²) >= 11 is 0. The SMILES string of the molecule is CCN(CC)C(C(=O)Nc1ccc(F)cc1C)c1cccc(C(F)(F)F)c1. The van der Waals surface area contributed by atoms with Gasteiger partial charge in [-0.2, -0.15) is 13.2 Å². The van der Waals surface area contributed by atoms with E-state index in [1.54, 1.807) is 11.8 Å². The van der Waals surface area contributed by atoms with Crippen LogP contribution in [-0.4, -0.2) is 23.9 Å². The molecule has 0 aliphatic carbocycles. The third kappa shape index (κ3) is 5.07. The molecule has 0 aliphatic heterocycles. The number of alkyl halides is 3. The van der Waals surface area contributed by atoms with Gasteiger partial charge in [-0.25, -0.2) is 4.39 Å². The fourth-order valence-electron chi connectivity index (χ4n) is 2.97. The first kappa shape index (κ1) is 20.9. The van der Waals surface area contributed by atoms with Crippen LogP contribution in [0.15, 0.2) is 42.5 Å². The van der Waals surface area contributed by atoms with Gasteiger partial charge >= 0.3 is 6.18 Å². The monoisotopic (exact) mass is 382 g/mol. The van der Waals surface area contributed by atoms with E-state index >= 15 is 0 Å². The van der Waals surface area contributed by atoms with Crippen LogP contribution < -0.4 is 5.32 Å². The van der Waals surface area contributed by atoms with Gasteiger partial charge in [-0.05, 0) is 61.5 Å². The number of likely N-dealkylation sites (N-methyl/N-ethyl adjacent to an activating group) is 1. The largest absolute Gasteiger partial charge is 0.416 e. The van der Waals surface area contributed by atoms with Crippen molar-refractivity contribution in [3.63, 3.8) is 0 Å². The van der Waals surface area contributed by atoms with Crippen molar-refractivity contribution < 1.29 is 22.4 Å². The molecule has 0 bridgehead atoms. The lowest BCUT2D eigenvalue weighted by molar-refractivity contribution is -0.137.